The van der Waals surface area contributed by atoms with Gasteiger partial charge in [0.1, 0.15) is 6.04 Å². The van der Waals surface area contributed by atoms with Gasteiger partial charge in [-0.1, -0.05) is 72.8 Å². The fourth-order valence-electron chi connectivity index (χ4n) is 5.08. The van der Waals surface area contributed by atoms with Crippen LogP contribution < -0.4 is 4.90 Å². The predicted octanol–water partition coefficient (Wildman–Crippen LogP) is 5.58. The van der Waals surface area contributed by atoms with E-state index in [1.54, 1.807) is 12.1 Å². The second-order valence-electron chi connectivity index (χ2n) is 8.07. The number of Topliss-reactive ketones (excluding diaryl/α,β-unsaturated/α-hetero) is 1. The maximum Gasteiger partial charge on any atom is 0.185 e. The van der Waals surface area contributed by atoms with Gasteiger partial charge in [0.2, 0.25) is 0 Å². The van der Waals surface area contributed by atoms with Gasteiger partial charge in [-0.25, -0.2) is 0 Å². The van der Waals surface area contributed by atoms with E-state index in [2.05, 4.69) is 34.7 Å². The molecule has 0 aliphatic carbocycles. The molecule has 0 bridgehead atoms. The lowest BCUT2D eigenvalue weighted by Gasteiger charge is -2.35. The summed E-state index contributed by atoms with van der Waals surface area (Å²) >= 11 is 2.23. The molecule has 0 N–H and O–H groups in total. The summed E-state index contributed by atoms with van der Waals surface area (Å²) in [5, 5.41) is 20.9. The highest BCUT2D eigenvalue weighted by Gasteiger charge is 2.63. The maximum absolute atomic E-state index is 14.0. The number of hydrogen-bond donors (Lipinski definition) is 0. The molecule has 3 atom stereocenters. The molecule has 2 heterocycles. The molecular formula is C27H18IN3O. The zero-order valence-corrected chi connectivity index (χ0v) is 19.2. The number of nitrogens with zero attached hydrogens (tertiary/aromatic N) is 3. The summed E-state index contributed by atoms with van der Waals surface area (Å²) in [7, 11) is 0. The summed E-state index contributed by atoms with van der Waals surface area (Å²) in [6.45, 7) is 0. The van der Waals surface area contributed by atoms with E-state index in [9.17, 15) is 15.3 Å². The van der Waals surface area contributed by atoms with E-state index in [0.717, 1.165) is 20.4 Å². The van der Waals surface area contributed by atoms with Crippen molar-refractivity contribution in [1.29, 1.82) is 10.5 Å². The van der Waals surface area contributed by atoms with Gasteiger partial charge in [-0.3, -0.25) is 4.79 Å². The van der Waals surface area contributed by atoms with Gasteiger partial charge in [0.25, 0.3) is 0 Å². The van der Waals surface area contributed by atoms with Crippen molar-refractivity contribution >= 4 is 40.1 Å². The number of para-hydroxylation sites is 1. The van der Waals surface area contributed by atoms with E-state index >= 15 is 0 Å². The molecule has 0 saturated carbocycles. The highest BCUT2D eigenvalue weighted by Crippen LogP contribution is 2.55. The molecule has 4 nitrogen and oxygen atoms in total. The Balaban J connectivity index is 1.80. The number of nitriles is 2. The van der Waals surface area contributed by atoms with Gasteiger partial charge < -0.3 is 4.90 Å². The van der Waals surface area contributed by atoms with Gasteiger partial charge in [-0.05, 0) is 51.9 Å². The number of halogens is 1. The third kappa shape index (κ3) is 2.97. The maximum atomic E-state index is 14.0. The minimum absolute atomic E-state index is 0.0862. The first kappa shape index (κ1) is 20.5. The lowest BCUT2D eigenvalue weighted by atomic mass is 9.69. The van der Waals surface area contributed by atoms with Gasteiger partial charge in [0.15, 0.2) is 11.2 Å². The van der Waals surface area contributed by atoms with Gasteiger partial charge >= 0.3 is 0 Å². The Morgan fingerprint density at radius 1 is 0.938 bits per heavy atom. The Morgan fingerprint density at radius 2 is 1.66 bits per heavy atom. The molecule has 154 valence electrons. The van der Waals surface area contributed by atoms with Crippen molar-refractivity contribution in [2.24, 2.45) is 5.41 Å². The molecule has 0 amide bonds. The van der Waals surface area contributed by atoms with Crippen LogP contribution in [-0.4, -0.2) is 17.9 Å². The van der Waals surface area contributed by atoms with Gasteiger partial charge in [0.05, 0.1) is 18.2 Å². The van der Waals surface area contributed by atoms with Gasteiger partial charge in [0, 0.05) is 20.7 Å². The zero-order valence-electron chi connectivity index (χ0n) is 17.0. The van der Waals surface area contributed by atoms with E-state index < -0.39 is 23.4 Å². The van der Waals surface area contributed by atoms with E-state index in [4.69, 9.17) is 0 Å². The summed E-state index contributed by atoms with van der Waals surface area (Å²) < 4.78 is 0.997. The molecule has 0 unspecified atom stereocenters. The molecule has 2 aliphatic rings. The quantitative estimate of drug-likeness (QED) is 0.330. The van der Waals surface area contributed by atoms with Crippen molar-refractivity contribution < 1.29 is 4.79 Å². The molecule has 2 aliphatic heterocycles. The zero-order chi connectivity index (χ0) is 22.3. The van der Waals surface area contributed by atoms with E-state index in [1.165, 1.54) is 0 Å². The number of fused-ring (bicyclic) bond motifs is 3. The molecular weight excluding hydrogens is 509 g/mol. The summed E-state index contributed by atoms with van der Waals surface area (Å²) in [6.07, 6.45) is 3.87. The third-order valence-corrected chi connectivity index (χ3v) is 7.12. The van der Waals surface area contributed by atoms with Crippen LogP contribution in [0.15, 0.2) is 84.9 Å². The largest absolute Gasteiger partial charge is 0.351 e. The summed E-state index contributed by atoms with van der Waals surface area (Å²) in [5.74, 6) is -0.697. The number of benzene rings is 3. The Morgan fingerprint density at radius 3 is 2.38 bits per heavy atom. The topological polar surface area (TPSA) is 67.9 Å². The second-order valence-corrected chi connectivity index (χ2v) is 9.32. The van der Waals surface area contributed by atoms with Crippen LogP contribution >= 0.6 is 22.6 Å². The normalized spacial score (nSPS) is 22.3. The van der Waals surface area contributed by atoms with E-state index in [1.807, 2.05) is 83.8 Å². The fraction of sp³-hybridized carbons (Fsp3) is 0.148. The van der Waals surface area contributed by atoms with Crippen molar-refractivity contribution in [2.45, 2.75) is 18.0 Å². The molecule has 32 heavy (non-hydrogen) atoms. The summed E-state index contributed by atoms with van der Waals surface area (Å²) in [5.41, 5.74) is 1.84. The van der Waals surface area contributed by atoms with Gasteiger partial charge in [-0.2, -0.15) is 10.5 Å². The highest BCUT2D eigenvalue weighted by atomic mass is 127. The Hall–Kier alpha value is -3.42. The lowest BCUT2D eigenvalue weighted by molar-refractivity contribution is 0.0951. The minimum atomic E-state index is -1.41. The monoisotopic (exact) mass is 527 g/mol. The first-order chi connectivity index (χ1) is 15.6. The first-order valence-corrected chi connectivity index (χ1v) is 11.4. The molecule has 3 aromatic carbocycles. The van der Waals surface area contributed by atoms with Crippen molar-refractivity contribution in [3.05, 3.63) is 105 Å². The van der Waals surface area contributed by atoms with Crippen LogP contribution in [0.2, 0.25) is 0 Å². The Kier molecular flexibility index (Phi) is 5.07. The molecule has 0 spiro atoms. The number of ketones is 1. The molecule has 0 radical (unpaired) electrons. The smallest absolute Gasteiger partial charge is 0.185 e. The number of carbonyl (C=O) groups excluding carboxylic acids is 1. The first-order valence-electron chi connectivity index (χ1n) is 10.3. The average Bonchev–Trinajstić information content (AvgIpc) is 3.15. The van der Waals surface area contributed by atoms with Crippen LogP contribution in [0, 0.1) is 31.6 Å². The van der Waals surface area contributed by atoms with E-state index in [0.29, 0.717) is 5.56 Å². The Labute approximate surface area is 200 Å². The number of carbonyl (C=O) groups is 1. The molecule has 3 aromatic rings. The van der Waals surface area contributed by atoms with Gasteiger partial charge in [-0.15, -0.1) is 0 Å². The van der Waals surface area contributed by atoms with Crippen LogP contribution in [-0.2, 0) is 0 Å². The highest BCUT2D eigenvalue weighted by molar-refractivity contribution is 14.1. The predicted molar refractivity (Wildman–Crippen MR) is 132 cm³/mol. The van der Waals surface area contributed by atoms with Crippen molar-refractivity contribution in [1.82, 2.24) is 0 Å². The number of hydrogen-bond acceptors (Lipinski definition) is 4. The second kappa shape index (κ2) is 7.93. The molecule has 1 saturated heterocycles. The van der Waals surface area contributed by atoms with Crippen molar-refractivity contribution in [3.8, 4) is 12.1 Å². The average molecular weight is 527 g/mol. The summed E-state index contributed by atoms with van der Waals surface area (Å²) in [6, 6.07) is 28.3. The minimum Gasteiger partial charge on any atom is -0.351 e. The van der Waals surface area contributed by atoms with Crippen LogP contribution in [0.4, 0.5) is 5.69 Å². The van der Waals surface area contributed by atoms with E-state index in [-0.39, 0.29) is 5.78 Å². The summed E-state index contributed by atoms with van der Waals surface area (Å²) in [4.78, 5) is 16.0. The van der Waals surface area contributed by atoms with Crippen molar-refractivity contribution in [2.75, 3.05) is 4.90 Å². The molecule has 0 aromatic heterocycles. The van der Waals surface area contributed by atoms with Crippen LogP contribution in [0.3, 0.4) is 0 Å². The molecule has 5 rings (SSSR count). The van der Waals surface area contributed by atoms with Crippen LogP contribution in [0.5, 0.6) is 0 Å². The van der Waals surface area contributed by atoms with Crippen LogP contribution in [0.25, 0.3) is 6.08 Å². The Bertz CT molecular complexity index is 1300. The standard InChI is InChI=1S/C27H18IN3O/c28-21-11-6-10-20(15-21)24-25(26(32)19-8-2-1-3-9-19)31-22-12-5-4-7-18(22)13-14-23(31)27(24,16-29)17-30/h1-15,23-25H/t23-,24+,25-/m0/s1. The van der Waals surface area contributed by atoms with Crippen LogP contribution in [0.1, 0.15) is 27.4 Å². The molecule has 1 fully saturated rings. The number of rotatable bonds is 3. The fourth-order valence-corrected chi connectivity index (χ4v) is 5.65. The number of anilines is 1. The third-order valence-electron chi connectivity index (χ3n) is 6.45. The lowest BCUT2D eigenvalue weighted by Crippen LogP contribution is -2.44. The van der Waals surface area contributed by atoms with Crippen molar-refractivity contribution in [3.63, 3.8) is 0 Å². The SMILES string of the molecule is N#CC1(C#N)[C@H](c2cccc(I)c2)[C@@H](C(=O)c2ccccc2)N2c3ccccc3C=C[C@H]21. The molecule has 5 heteroatoms.